The predicted octanol–water partition coefficient (Wildman–Crippen LogP) is 2.64. The lowest BCUT2D eigenvalue weighted by Gasteiger charge is -2.08. The van der Waals surface area contributed by atoms with Gasteiger partial charge in [-0.3, -0.25) is 0 Å². The maximum atomic E-state index is 5.59. The molecule has 0 aliphatic rings. The SMILES string of the molecule is CNc1cc(OCCCC(C)C)nc(C)n1. The van der Waals surface area contributed by atoms with Gasteiger partial charge >= 0.3 is 0 Å². The van der Waals surface area contributed by atoms with Crippen LogP contribution in [0, 0.1) is 12.8 Å². The number of rotatable bonds is 6. The molecule has 0 atom stereocenters. The number of hydrogen-bond acceptors (Lipinski definition) is 4. The molecular formula is C12H21N3O. The highest BCUT2D eigenvalue weighted by molar-refractivity contribution is 5.37. The van der Waals surface area contributed by atoms with Gasteiger partial charge in [-0.15, -0.1) is 0 Å². The molecule has 0 aliphatic heterocycles. The van der Waals surface area contributed by atoms with Crippen LogP contribution in [-0.2, 0) is 0 Å². The third kappa shape index (κ3) is 4.47. The summed E-state index contributed by atoms with van der Waals surface area (Å²) in [4.78, 5) is 8.43. The van der Waals surface area contributed by atoms with Crippen molar-refractivity contribution in [2.45, 2.75) is 33.6 Å². The fraction of sp³-hybridized carbons (Fsp3) is 0.667. The number of hydrogen-bond donors (Lipinski definition) is 1. The molecule has 90 valence electrons. The molecule has 4 heteroatoms. The van der Waals surface area contributed by atoms with Crippen molar-refractivity contribution in [2.24, 2.45) is 5.92 Å². The Kier molecular flexibility index (Phi) is 5.02. The summed E-state index contributed by atoms with van der Waals surface area (Å²) in [7, 11) is 1.84. The van der Waals surface area contributed by atoms with Gasteiger partial charge in [0.1, 0.15) is 11.6 Å². The van der Waals surface area contributed by atoms with E-state index in [1.165, 1.54) is 6.42 Å². The highest BCUT2D eigenvalue weighted by Gasteiger charge is 2.01. The first kappa shape index (κ1) is 12.7. The van der Waals surface area contributed by atoms with Crippen molar-refractivity contribution in [1.82, 2.24) is 9.97 Å². The molecule has 0 amide bonds. The van der Waals surface area contributed by atoms with Crippen molar-refractivity contribution in [3.05, 3.63) is 11.9 Å². The summed E-state index contributed by atoms with van der Waals surface area (Å²) in [6.45, 7) is 7.02. The van der Waals surface area contributed by atoms with Crippen molar-refractivity contribution in [3.63, 3.8) is 0 Å². The minimum Gasteiger partial charge on any atom is -0.478 e. The zero-order chi connectivity index (χ0) is 12.0. The third-order valence-electron chi connectivity index (χ3n) is 2.25. The van der Waals surface area contributed by atoms with E-state index in [1.807, 2.05) is 20.0 Å². The van der Waals surface area contributed by atoms with E-state index in [9.17, 15) is 0 Å². The molecule has 1 aromatic rings. The van der Waals surface area contributed by atoms with Gasteiger partial charge < -0.3 is 10.1 Å². The fourth-order valence-electron chi connectivity index (χ4n) is 1.41. The van der Waals surface area contributed by atoms with E-state index in [2.05, 4.69) is 29.1 Å². The highest BCUT2D eigenvalue weighted by atomic mass is 16.5. The second kappa shape index (κ2) is 6.30. The monoisotopic (exact) mass is 223 g/mol. The van der Waals surface area contributed by atoms with E-state index in [1.54, 1.807) is 0 Å². The molecule has 1 rings (SSSR count). The van der Waals surface area contributed by atoms with Crippen LogP contribution in [0.3, 0.4) is 0 Å². The molecule has 0 aliphatic carbocycles. The lowest BCUT2D eigenvalue weighted by Crippen LogP contribution is -2.04. The molecule has 1 heterocycles. The Morgan fingerprint density at radius 2 is 2.12 bits per heavy atom. The van der Waals surface area contributed by atoms with Gasteiger partial charge in [-0.1, -0.05) is 13.8 Å². The van der Waals surface area contributed by atoms with Crippen molar-refractivity contribution >= 4 is 5.82 Å². The summed E-state index contributed by atoms with van der Waals surface area (Å²) in [5, 5.41) is 2.99. The van der Waals surface area contributed by atoms with Crippen molar-refractivity contribution in [2.75, 3.05) is 19.0 Å². The molecule has 0 saturated heterocycles. The summed E-state index contributed by atoms with van der Waals surface area (Å²) in [6.07, 6.45) is 2.25. The van der Waals surface area contributed by atoms with Gasteiger partial charge in [0, 0.05) is 13.1 Å². The zero-order valence-corrected chi connectivity index (χ0v) is 10.6. The van der Waals surface area contributed by atoms with Crippen molar-refractivity contribution in [3.8, 4) is 5.88 Å². The van der Waals surface area contributed by atoms with Crippen molar-refractivity contribution in [1.29, 1.82) is 0 Å². The first-order valence-corrected chi connectivity index (χ1v) is 5.78. The van der Waals surface area contributed by atoms with Gasteiger partial charge in [-0.2, -0.15) is 4.98 Å². The van der Waals surface area contributed by atoms with E-state index >= 15 is 0 Å². The van der Waals surface area contributed by atoms with Crippen molar-refractivity contribution < 1.29 is 4.74 Å². The molecule has 16 heavy (non-hydrogen) atoms. The van der Waals surface area contributed by atoms with Gasteiger partial charge in [-0.25, -0.2) is 4.98 Å². The lowest BCUT2D eigenvalue weighted by molar-refractivity contribution is 0.286. The predicted molar refractivity (Wildman–Crippen MR) is 65.9 cm³/mol. The molecule has 1 aromatic heterocycles. The van der Waals surface area contributed by atoms with Crippen LogP contribution < -0.4 is 10.1 Å². The Labute approximate surface area is 97.5 Å². The molecule has 0 fully saturated rings. The lowest BCUT2D eigenvalue weighted by atomic mass is 10.1. The van der Waals surface area contributed by atoms with Crippen LogP contribution in [0.25, 0.3) is 0 Å². The third-order valence-corrected chi connectivity index (χ3v) is 2.25. The summed E-state index contributed by atoms with van der Waals surface area (Å²) in [6, 6.07) is 1.82. The molecule has 0 unspecified atom stereocenters. The van der Waals surface area contributed by atoms with E-state index < -0.39 is 0 Å². The number of nitrogens with one attached hydrogen (secondary N) is 1. The van der Waals surface area contributed by atoms with E-state index in [4.69, 9.17) is 4.74 Å². The smallest absolute Gasteiger partial charge is 0.218 e. The van der Waals surface area contributed by atoms with Crippen LogP contribution in [0.1, 0.15) is 32.5 Å². The van der Waals surface area contributed by atoms with Crippen LogP contribution >= 0.6 is 0 Å². The van der Waals surface area contributed by atoms with Gasteiger partial charge in [0.2, 0.25) is 5.88 Å². The van der Waals surface area contributed by atoms with Gasteiger partial charge in [-0.05, 0) is 25.7 Å². The molecule has 0 spiro atoms. The Bertz CT molecular complexity index is 326. The van der Waals surface area contributed by atoms with E-state index in [0.717, 1.165) is 30.6 Å². The number of anilines is 1. The van der Waals surface area contributed by atoms with Crippen LogP contribution in [0.15, 0.2) is 6.07 Å². The largest absolute Gasteiger partial charge is 0.478 e. The maximum absolute atomic E-state index is 5.59. The molecule has 0 aromatic carbocycles. The van der Waals surface area contributed by atoms with Gasteiger partial charge in [0.15, 0.2) is 0 Å². The van der Waals surface area contributed by atoms with Crippen LogP contribution in [0.5, 0.6) is 5.88 Å². The number of aryl methyl sites for hydroxylation is 1. The molecule has 0 saturated carbocycles. The minimum absolute atomic E-state index is 0.653. The minimum atomic E-state index is 0.653. The average Bonchev–Trinajstić information content (AvgIpc) is 2.23. The second-order valence-corrected chi connectivity index (χ2v) is 4.27. The Hall–Kier alpha value is -1.32. The fourth-order valence-corrected chi connectivity index (χ4v) is 1.41. The number of nitrogens with zero attached hydrogens (tertiary/aromatic N) is 2. The summed E-state index contributed by atoms with van der Waals surface area (Å²) in [5.41, 5.74) is 0. The molecule has 4 nitrogen and oxygen atoms in total. The highest BCUT2D eigenvalue weighted by Crippen LogP contribution is 2.13. The summed E-state index contributed by atoms with van der Waals surface area (Å²) < 4.78 is 5.59. The standard InChI is InChI=1S/C12H21N3O/c1-9(2)6-5-7-16-12-8-11(13-4)14-10(3)15-12/h8-9H,5-7H2,1-4H3,(H,13,14,15). The topological polar surface area (TPSA) is 47.0 Å². The summed E-state index contributed by atoms with van der Waals surface area (Å²) >= 11 is 0. The quantitative estimate of drug-likeness (QED) is 0.753. The van der Waals surface area contributed by atoms with E-state index in [0.29, 0.717) is 5.88 Å². The Balaban J connectivity index is 2.44. The molecule has 0 radical (unpaired) electrons. The van der Waals surface area contributed by atoms with E-state index in [-0.39, 0.29) is 0 Å². The Morgan fingerprint density at radius 1 is 1.38 bits per heavy atom. The first-order valence-electron chi connectivity index (χ1n) is 5.78. The zero-order valence-electron chi connectivity index (χ0n) is 10.6. The summed E-state index contributed by atoms with van der Waals surface area (Å²) in [5.74, 6) is 2.90. The molecule has 1 N–H and O–H groups in total. The van der Waals surface area contributed by atoms with Crippen LogP contribution in [0.2, 0.25) is 0 Å². The molecule has 0 bridgehead atoms. The second-order valence-electron chi connectivity index (χ2n) is 4.27. The van der Waals surface area contributed by atoms with Crippen LogP contribution in [-0.4, -0.2) is 23.6 Å². The number of ether oxygens (including phenoxy) is 1. The normalized spacial score (nSPS) is 10.6. The first-order chi connectivity index (χ1) is 7.61. The van der Waals surface area contributed by atoms with Crippen LogP contribution in [0.4, 0.5) is 5.82 Å². The Morgan fingerprint density at radius 3 is 2.75 bits per heavy atom. The van der Waals surface area contributed by atoms with Gasteiger partial charge in [0.25, 0.3) is 0 Å². The average molecular weight is 223 g/mol. The van der Waals surface area contributed by atoms with Gasteiger partial charge in [0.05, 0.1) is 6.61 Å². The number of aromatic nitrogens is 2. The molecular weight excluding hydrogens is 202 g/mol. The maximum Gasteiger partial charge on any atom is 0.218 e.